The molecule has 0 bridgehead atoms. The van der Waals surface area contributed by atoms with Gasteiger partial charge in [0.25, 0.3) is 0 Å². The van der Waals surface area contributed by atoms with Crippen molar-refractivity contribution in [2.45, 2.75) is 45.6 Å². The van der Waals surface area contributed by atoms with E-state index in [1.807, 2.05) is 0 Å². The van der Waals surface area contributed by atoms with Crippen molar-refractivity contribution in [3.05, 3.63) is 0 Å². The summed E-state index contributed by atoms with van der Waals surface area (Å²) in [6.45, 7) is 8.65. The Bertz CT molecular complexity index is 219. The zero-order chi connectivity index (χ0) is 11.8. The van der Waals surface area contributed by atoms with E-state index in [1.54, 1.807) is 0 Å². The van der Waals surface area contributed by atoms with Crippen LogP contribution in [0.1, 0.15) is 39.5 Å². The third-order valence-corrected chi connectivity index (χ3v) is 4.61. The van der Waals surface area contributed by atoms with Crippen molar-refractivity contribution in [2.24, 2.45) is 11.3 Å². The fourth-order valence-corrected chi connectivity index (χ4v) is 3.44. The molecule has 94 valence electrons. The molecular formula is C14H28N2. The van der Waals surface area contributed by atoms with Crippen LogP contribution >= 0.6 is 0 Å². The van der Waals surface area contributed by atoms with Crippen molar-refractivity contribution in [3.8, 4) is 0 Å². The predicted molar refractivity (Wildman–Crippen MR) is 69.7 cm³/mol. The van der Waals surface area contributed by atoms with E-state index in [4.69, 9.17) is 0 Å². The van der Waals surface area contributed by atoms with Crippen LogP contribution in [0.15, 0.2) is 0 Å². The average Bonchev–Trinajstić information content (AvgIpc) is 2.14. The van der Waals surface area contributed by atoms with Gasteiger partial charge < -0.3 is 9.80 Å². The molecule has 0 aromatic carbocycles. The van der Waals surface area contributed by atoms with Crippen LogP contribution in [0.25, 0.3) is 0 Å². The van der Waals surface area contributed by atoms with E-state index in [0.717, 1.165) is 17.4 Å². The Kier molecular flexibility index (Phi) is 3.60. The summed E-state index contributed by atoms with van der Waals surface area (Å²) in [5.74, 6) is 0.824. The lowest BCUT2D eigenvalue weighted by atomic mass is 9.60. The van der Waals surface area contributed by atoms with Crippen molar-refractivity contribution >= 4 is 0 Å². The highest BCUT2D eigenvalue weighted by Crippen LogP contribution is 2.50. The van der Waals surface area contributed by atoms with E-state index in [1.165, 1.54) is 45.3 Å². The first-order valence-electron chi connectivity index (χ1n) is 6.89. The molecule has 1 heterocycles. The molecule has 1 aliphatic heterocycles. The number of likely N-dealkylation sites (tertiary alicyclic amines) is 1. The highest BCUT2D eigenvalue weighted by atomic mass is 15.1. The number of piperidine rings is 1. The van der Waals surface area contributed by atoms with E-state index in [9.17, 15) is 0 Å². The Labute approximate surface area is 101 Å². The maximum absolute atomic E-state index is 2.67. The molecule has 0 amide bonds. The Morgan fingerprint density at radius 2 is 1.75 bits per heavy atom. The highest BCUT2D eigenvalue weighted by molar-refractivity contribution is 5.00. The first kappa shape index (κ1) is 12.4. The fourth-order valence-electron chi connectivity index (χ4n) is 3.44. The van der Waals surface area contributed by atoms with Crippen LogP contribution in [0.4, 0.5) is 0 Å². The summed E-state index contributed by atoms with van der Waals surface area (Å²) in [6, 6.07) is 0.872. The van der Waals surface area contributed by atoms with Crippen LogP contribution in [0, 0.1) is 11.3 Å². The molecule has 0 unspecified atom stereocenters. The van der Waals surface area contributed by atoms with Crippen molar-refractivity contribution in [1.29, 1.82) is 0 Å². The Morgan fingerprint density at radius 3 is 2.19 bits per heavy atom. The van der Waals surface area contributed by atoms with E-state index >= 15 is 0 Å². The number of hydrogen-bond acceptors (Lipinski definition) is 2. The van der Waals surface area contributed by atoms with Gasteiger partial charge in [-0.3, -0.25) is 0 Å². The standard InChI is InChI=1S/C14H28N2/c1-12(2)11-16-7-5-14(6-8-16)9-13(10-14)15(3)4/h12-13H,5-11H2,1-4H3. The maximum atomic E-state index is 2.67. The van der Waals surface area contributed by atoms with Gasteiger partial charge in [-0.05, 0) is 64.2 Å². The van der Waals surface area contributed by atoms with Crippen LogP contribution < -0.4 is 0 Å². The molecule has 2 aliphatic rings. The van der Waals surface area contributed by atoms with Gasteiger partial charge in [-0.2, -0.15) is 0 Å². The summed E-state index contributed by atoms with van der Waals surface area (Å²) in [7, 11) is 4.46. The molecule has 0 aromatic rings. The molecule has 2 rings (SSSR count). The highest BCUT2D eigenvalue weighted by Gasteiger charge is 2.46. The zero-order valence-corrected chi connectivity index (χ0v) is 11.5. The van der Waals surface area contributed by atoms with Gasteiger partial charge in [0.1, 0.15) is 0 Å². The first-order chi connectivity index (χ1) is 7.51. The largest absolute Gasteiger partial charge is 0.306 e. The first-order valence-corrected chi connectivity index (χ1v) is 6.89. The van der Waals surface area contributed by atoms with Crippen molar-refractivity contribution in [2.75, 3.05) is 33.7 Å². The molecule has 2 fully saturated rings. The fraction of sp³-hybridized carbons (Fsp3) is 1.00. The van der Waals surface area contributed by atoms with E-state index < -0.39 is 0 Å². The number of nitrogens with zero attached hydrogens (tertiary/aromatic N) is 2. The Morgan fingerprint density at radius 1 is 1.19 bits per heavy atom. The topological polar surface area (TPSA) is 6.48 Å². The van der Waals surface area contributed by atoms with Crippen LogP contribution in [0.2, 0.25) is 0 Å². The Hall–Kier alpha value is -0.0800. The normalized spacial score (nSPS) is 26.6. The average molecular weight is 224 g/mol. The van der Waals surface area contributed by atoms with E-state index in [0.29, 0.717) is 0 Å². The van der Waals surface area contributed by atoms with Crippen molar-refractivity contribution in [3.63, 3.8) is 0 Å². The van der Waals surface area contributed by atoms with Crippen LogP contribution in [-0.2, 0) is 0 Å². The van der Waals surface area contributed by atoms with Crippen LogP contribution in [0.5, 0.6) is 0 Å². The molecule has 2 heteroatoms. The molecular weight excluding hydrogens is 196 g/mol. The second-order valence-electron chi connectivity index (χ2n) is 6.72. The lowest BCUT2D eigenvalue weighted by Crippen LogP contribution is -2.53. The molecule has 1 saturated carbocycles. The minimum atomic E-state index is 0.739. The zero-order valence-electron chi connectivity index (χ0n) is 11.5. The molecule has 0 radical (unpaired) electrons. The van der Waals surface area contributed by atoms with Crippen LogP contribution in [0.3, 0.4) is 0 Å². The molecule has 1 saturated heterocycles. The summed E-state index contributed by atoms with van der Waals surface area (Å²) in [5, 5.41) is 0. The quantitative estimate of drug-likeness (QED) is 0.726. The third-order valence-electron chi connectivity index (χ3n) is 4.61. The molecule has 0 N–H and O–H groups in total. The molecule has 16 heavy (non-hydrogen) atoms. The SMILES string of the molecule is CC(C)CN1CCC2(CC1)CC(N(C)C)C2. The lowest BCUT2D eigenvalue weighted by molar-refractivity contribution is -0.0291. The van der Waals surface area contributed by atoms with E-state index in [-0.39, 0.29) is 0 Å². The van der Waals surface area contributed by atoms with Gasteiger partial charge >= 0.3 is 0 Å². The molecule has 1 aliphatic carbocycles. The molecule has 2 nitrogen and oxygen atoms in total. The molecule has 1 spiro atoms. The van der Waals surface area contributed by atoms with E-state index in [2.05, 4.69) is 37.7 Å². The summed E-state index contributed by atoms with van der Waals surface area (Å²) in [5.41, 5.74) is 0.739. The third kappa shape index (κ3) is 2.60. The van der Waals surface area contributed by atoms with Gasteiger partial charge in [0.15, 0.2) is 0 Å². The van der Waals surface area contributed by atoms with Gasteiger partial charge in [0, 0.05) is 12.6 Å². The number of rotatable bonds is 3. The Balaban J connectivity index is 1.74. The van der Waals surface area contributed by atoms with Gasteiger partial charge in [-0.25, -0.2) is 0 Å². The predicted octanol–water partition coefficient (Wildman–Crippen LogP) is 2.45. The van der Waals surface area contributed by atoms with Gasteiger partial charge in [-0.15, -0.1) is 0 Å². The summed E-state index contributed by atoms with van der Waals surface area (Å²) < 4.78 is 0. The second-order valence-corrected chi connectivity index (χ2v) is 6.72. The van der Waals surface area contributed by atoms with Gasteiger partial charge in [-0.1, -0.05) is 13.8 Å². The van der Waals surface area contributed by atoms with Gasteiger partial charge in [0.2, 0.25) is 0 Å². The molecule has 0 atom stereocenters. The monoisotopic (exact) mass is 224 g/mol. The summed E-state index contributed by atoms with van der Waals surface area (Å²) in [6.07, 6.45) is 5.80. The maximum Gasteiger partial charge on any atom is 0.00997 e. The van der Waals surface area contributed by atoms with Crippen LogP contribution in [-0.4, -0.2) is 49.6 Å². The summed E-state index contributed by atoms with van der Waals surface area (Å²) in [4.78, 5) is 5.07. The van der Waals surface area contributed by atoms with Crippen molar-refractivity contribution < 1.29 is 0 Å². The smallest absolute Gasteiger partial charge is 0.00997 e. The lowest BCUT2D eigenvalue weighted by Gasteiger charge is -2.54. The molecule has 0 aromatic heterocycles. The minimum absolute atomic E-state index is 0.739. The number of hydrogen-bond donors (Lipinski definition) is 0. The minimum Gasteiger partial charge on any atom is -0.306 e. The van der Waals surface area contributed by atoms with Gasteiger partial charge in [0.05, 0.1) is 0 Å². The van der Waals surface area contributed by atoms with Crippen molar-refractivity contribution in [1.82, 2.24) is 9.80 Å². The second kappa shape index (κ2) is 4.66. The summed E-state index contributed by atoms with van der Waals surface area (Å²) >= 11 is 0.